The SMILES string of the molecule is Cc1ccc(-c2ccc(C(=O)N3CCNC[C@@H]3C)c(F)c2)cc1. The second-order valence-electron chi connectivity index (χ2n) is 6.11. The summed E-state index contributed by atoms with van der Waals surface area (Å²) in [6.07, 6.45) is 0. The largest absolute Gasteiger partial charge is 0.333 e. The van der Waals surface area contributed by atoms with Crippen molar-refractivity contribution in [3.05, 3.63) is 59.4 Å². The van der Waals surface area contributed by atoms with Gasteiger partial charge in [-0.2, -0.15) is 0 Å². The summed E-state index contributed by atoms with van der Waals surface area (Å²) in [7, 11) is 0. The van der Waals surface area contributed by atoms with E-state index in [1.54, 1.807) is 11.0 Å². The third-order valence-corrected chi connectivity index (χ3v) is 4.35. The van der Waals surface area contributed by atoms with E-state index in [2.05, 4.69) is 5.32 Å². The predicted octanol–water partition coefficient (Wildman–Crippen LogP) is 3.24. The first-order chi connectivity index (χ1) is 11.1. The fourth-order valence-corrected chi connectivity index (χ4v) is 2.91. The molecule has 1 aliphatic heterocycles. The van der Waals surface area contributed by atoms with Crippen LogP contribution in [0.3, 0.4) is 0 Å². The molecular weight excluding hydrogens is 291 g/mol. The molecule has 1 N–H and O–H groups in total. The second kappa shape index (κ2) is 6.50. The summed E-state index contributed by atoms with van der Waals surface area (Å²) < 4.78 is 14.5. The van der Waals surface area contributed by atoms with Crippen LogP contribution in [0.5, 0.6) is 0 Å². The standard InChI is InChI=1S/C19H21FN2O/c1-13-3-5-15(6-4-13)16-7-8-17(18(20)11-16)19(23)22-10-9-21-12-14(22)2/h3-8,11,14,21H,9-10,12H2,1-2H3/t14-/m0/s1. The Morgan fingerprint density at radius 2 is 1.87 bits per heavy atom. The van der Waals surface area contributed by atoms with Crippen LogP contribution in [0.15, 0.2) is 42.5 Å². The molecule has 0 unspecified atom stereocenters. The summed E-state index contributed by atoms with van der Waals surface area (Å²) >= 11 is 0. The van der Waals surface area contributed by atoms with Gasteiger partial charge in [0.1, 0.15) is 5.82 Å². The Hall–Kier alpha value is -2.20. The lowest BCUT2D eigenvalue weighted by Gasteiger charge is -2.34. The quantitative estimate of drug-likeness (QED) is 0.923. The lowest BCUT2D eigenvalue weighted by molar-refractivity contribution is 0.0651. The number of carbonyl (C=O) groups excluding carboxylic acids is 1. The van der Waals surface area contributed by atoms with Crippen LogP contribution in [0, 0.1) is 12.7 Å². The van der Waals surface area contributed by atoms with E-state index in [-0.39, 0.29) is 17.5 Å². The maximum absolute atomic E-state index is 14.5. The molecule has 3 nitrogen and oxygen atoms in total. The Morgan fingerprint density at radius 1 is 1.17 bits per heavy atom. The number of piperazine rings is 1. The fraction of sp³-hybridized carbons (Fsp3) is 0.316. The molecule has 1 saturated heterocycles. The van der Waals surface area contributed by atoms with E-state index >= 15 is 0 Å². The van der Waals surface area contributed by atoms with Crippen LogP contribution in [-0.2, 0) is 0 Å². The third-order valence-electron chi connectivity index (χ3n) is 4.35. The molecule has 2 aromatic carbocycles. The number of hydrogen-bond acceptors (Lipinski definition) is 2. The van der Waals surface area contributed by atoms with Crippen molar-refractivity contribution in [1.29, 1.82) is 0 Å². The highest BCUT2D eigenvalue weighted by molar-refractivity contribution is 5.95. The lowest BCUT2D eigenvalue weighted by Crippen LogP contribution is -2.52. The van der Waals surface area contributed by atoms with Crippen molar-refractivity contribution in [2.24, 2.45) is 0 Å². The number of rotatable bonds is 2. The summed E-state index contributed by atoms with van der Waals surface area (Å²) in [4.78, 5) is 14.3. The van der Waals surface area contributed by atoms with E-state index in [9.17, 15) is 9.18 Å². The van der Waals surface area contributed by atoms with Crippen molar-refractivity contribution in [3.63, 3.8) is 0 Å². The molecule has 120 valence electrons. The molecule has 0 bridgehead atoms. The van der Waals surface area contributed by atoms with E-state index in [0.29, 0.717) is 6.54 Å². The molecule has 1 amide bonds. The van der Waals surface area contributed by atoms with E-state index in [1.807, 2.05) is 44.2 Å². The molecule has 2 aromatic rings. The van der Waals surface area contributed by atoms with Gasteiger partial charge in [-0.15, -0.1) is 0 Å². The third kappa shape index (κ3) is 3.27. The topological polar surface area (TPSA) is 32.3 Å². The molecule has 1 aliphatic rings. The first-order valence-corrected chi connectivity index (χ1v) is 7.94. The minimum Gasteiger partial charge on any atom is -0.333 e. The molecule has 1 heterocycles. The van der Waals surface area contributed by atoms with Gasteiger partial charge in [0.05, 0.1) is 5.56 Å². The van der Waals surface area contributed by atoms with Gasteiger partial charge in [0.25, 0.3) is 5.91 Å². The normalized spacial score (nSPS) is 18.0. The van der Waals surface area contributed by atoms with E-state index in [1.165, 1.54) is 6.07 Å². The van der Waals surface area contributed by atoms with Crippen molar-refractivity contribution in [2.75, 3.05) is 19.6 Å². The van der Waals surface area contributed by atoms with Gasteiger partial charge >= 0.3 is 0 Å². The van der Waals surface area contributed by atoms with Gasteiger partial charge in [-0.25, -0.2) is 4.39 Å². The van der Waals surface area contributed by atoms with Crippen LogP contribution in [-0.4, -0.2) is 36.5 Å². The van der Waals surface area contributed by atoms with Crippen LogP contribution >= 0.6 is 0 Å². The van der Waals surface area contributed by atoms with Gasteiger partial charge in [-0.1, -0.05) is 35.9 Å². The number of amides is 1. The highest BCUT2D eigenvalue weighted by Crippen LogP contribution is 2.23. The number of halogens is 1. The molecule has 0 radical (unpaired) electrons. The molecule has 1 atom stereocenters. The van der Waals surface area contributed by atoms with E-state index < -0.39 is 5.82 Å². The molecule has 0 aromatic heterocycles. The zero-order valence-corrected chi connectivity index (χ0v) is 13.5. The summed E-state index contributed by atoms with van der Waals surface area (Å²) in [6, 6.07) is 12.9. The summed E-state index contributed by atoms with van der Waals surface area (Å²) in [5.41, 5.74) is 3.04. The van der Waals surface area contributed by atoms with Gasteiger partial charge in [-0.3, -0.25) is 4.79 Å². The van der Waals surface area contributed by atoms with Gasteiger partial charge in [-0.05, 0) is 37.1 Å². The van der Waals surface area contributed by atoms with E-state index in [4.69, 9.17) is 0 Å². The Bertz CT molecular complexity index is 712. The van der Waals surface area contributed by atoms with Crippen LogP contribution in [0.1, 0.15) is 22.8 Å². The number of benzene rings is 2. The van der Waals surface area contributed by atoms with Crippen molar-refractivity contribution in [2.45, 2.75) is 19.9 Å². The first kappa shape index (κ1) is 15.7. The highest BCUT2D eigenvalue weighted by Gasteiger charge is 2.26. The Kier molecular flexibility index (Phi) is 4.44. The zero-order chi connectivity index (χ0) is 16.4. The lowest BCUT2D eigenvalue weighted by atomic mass is 10.0. The Morgan fingerprint density at radius 3 is 2.52 bits per heavy atom. The van der Waals surface area contributed by atoms with Crippen LogP contribution in [0.4, 0.5) is 4.39 Å². The van der Waals surface area contributed by atoms with Crippen LogP contribution < -0.4 is 5.32 Å². The Labute approximate surface area is 136 Å². The van der Waals surface area contributed by atoms with Crippen molar-refractivity contribution in [3.8, 4) is 11.1 Å². The Balaban J connectivity index is 1.87. The van der Waals surface area contributed by atoms with Crippen molar-refractivity contribution in [1.82, 2.24) is 10.2 Å². The number of carbonyl (C=O) groups is 1. The van der Waals surface area contributed by atoms with Crippen molar-refractivity contribution >= 4 is 5.91 Å². The maximum Gasteiger partial charge on any atom is 0.257 e. The predicted molar refractivity (Wildman–Crippen MR) is 89.9 cm³/mol. The monoisotopic (exact) mass is 312 g/mol. The zero-order valence-electron chi connectivity index (χ0n) is 13.5. The molecule has 0 saturated carbocycles. The summed E-state index contributed by atoms with van der Waals surface area (Å²) in [6.45, 7) is 6.09. The van der Waals surface area contributed by atoms with Gasteiger partial charge in [0, 0.05) is 25.7 Å². The molecule has 0 spiro atoms. The smallest absolute Gasteiger partial charge is 0.257 e. The average molecular weight is 312 g/mol. The number of nitrogens with zero attached hydrogens (tertiary/aromatic N) is 1. The fourth-order valence-electron chi connectivity index (χ4n) is 2.91. The molecule has 1 fully saturated rings. The van der Waals surface area contributed by atoms with Crippen molar-refractivity contribution < 1.29 is 9.18 Å². The van der Waals surface area contributed by atoms with Gasteiger partial charge in [0.2, 0.25) is 0 Å². The summed E-state index contributed by atoms with van der Waals surface area (Å²) in [5, 5.41) is 3.23. The molecule has 3 rings (SSSR count). The number of aryl methyl sites for hydroxylation is 1. The molecular formula is C19H21FN2O. The number of hydrogen-bond donors (Lipinski definition) is 1. The van der Waals surface area contributed by atoms with Crippen LogP contribution in [0.2, 0.25) is 0 Å². The molecule has 23 heavy (non-hydrogen) atoms. The second-order valence-corrected chi connectivity index (χ2v) is 6.11. The first-order valence-electron chi connectivity index (χ1n) is 7.94. The molecule has 0 aliphatic carbocycles. The maximum atomic E-state index is 14.5. The number of nitrogens with one attached hydrogen (secondary N) is 1. The van der Waals surface area contributed by atoms with Crippen LogP contribution in [0.25, 0.3) is 11.1 Å². The highest BCUT2D eigenvalue weighted by atomic mass is 19.1. The van der Waals surface area contributed by atoms with Gasteiger partial charge < -0.3 is 10.2 Å². The minimum absolute atomic E-state index is 0.0763. The average Bonchev–Trinajstić information content (AvgIpc) is 2.55. The summed E-state index contributed by atoms with van der Waals surface area (Å²) in [5.74, 6) is -0.689. The van der Waals surface area contributed by atoms with Gasteiger partial charge in [0.15, 0.2) is 0 Å². The minimum atomic E-state index is -0.459. The molecule has 4 heteroatoms. The van der Waals surface area contributed by atoms with E-state index in [0.717, 1.165) is 29.8 Å².